The van der Waals surface area contributed by atoms with E-state index in [2.05, 4.69) is 4.85 Å². The van der Waals surface area contributed by atoms with Gasteiger partial charge in [-0.15, -0.1) is 0 Å². The summed E-state index contributed by atoms with van der Waals surface area (Å²) in [6.45, 7) is 8.79. The summed E-state index contributed by atoms with van der Waals surface area (Å²) in [5, 5.41) is 0. The summed E-state index contributed by atoms with van der Waals surface area (Å²) in [5.74, 6) is 0.203. The predicted octanol–water partition coefficient (Wildman–Crippen LogP) is 1.91. The zero-order valence-corrected chi connectivity index (χ0v) is 5.92. The van der Waals surface area contributed by atoms with Crippen LogP contribution in [0.2, 0.25) is 0 Å². The molecule has 1 amide bonds. The van der Waals surface area contributed by atoms with Crippen LogP contribution in [0, 0.1) is 12.5 Å². The molecule has 0 spiro atoms. The van der Waals surface area contributed by atoms with Crippen molar-refractivity contribution in [1.82, 2.24) is 0 Å². The summed E-state index contributed by atoms with van der Waals surface area (Å²) in [4.78, 5) is 13.5. The van der Waals surface area contributed by atoms with Gasteiger partial charge >= 0.3 is 5.91 Å². The minimum atomic E-state index is -0.204. The van der Waals surface area contributed by atoms with Crippen molar-refractivity contribution < 1.29 is 4.79 Å². The van der Waals surface area contributed by atoms with Gasteiger partial charge < -0.3 is 0 Å². The molecule has 0 aromatic heterocycles. The molecule has 9 heavy (non-hydrogen) atoms. The smallest absolute Gasteiger partial charge is 0.200 e. The van der Waals surface area contributed by atoms with Gasteiger partial charge in [0.1, 0.15) is 0 Å². The number of hydrogen-bond acceptors (Lipinski definition) is 1. The van der Waals surface area contributed by atoms with Crippen LogP contribution >= 0.6 is 0 Å². The average molecular weight is 126 g/mol. The molecule has 0 rings (SSSR count). The third-order valence-electron chi connectivity index (χ3n) is 1.36. The van der Waals surface area contributed by atoms with Crippen LogP contribution < -0.4 is 0 Å². The highest BCUT2D eigenvalue weighted by molar-refractivity contribution is 5.86. The Labute approximate surface area is 55.7 Å². The van der Waals surface area contributed by atoms with Crippen LogP contribution in [0.5, 0.6) is 0 Å². The van der Waals surface area contributed by atoms with Gasteiger partial charge in [0.05, 0.1) is 6.42 Å². The van der Waals surface area contributed by atoms with E-state index in [4.69, 9.17) is 6.57 Å². The van der Waals surface area contributed by atoms with E-state index >= 15 is 0 Å². The van der Waals surface area contributed by atoms with E-state index in [9.17, 15) is 4.79 Å². The lowest BCUT2D eigenvalue weighted by Gasteiger charge is -1.96. The Morgan fingerprint density at radius 3 is 2.67 bits per heavy atom. The largest absolute Gasteiger partial charge is 0.514 e. The fraction of sp³-hybridized carbons (Fsp3) is 0.714. The van der Waals surface area contributed by atoms with Gasteiger partial charge in [-0.25, -0.2) is 4.79 Å². The second-order valence-electron chi connectivity index (χ2n) is 2.24. The first-order valence-corrected chi connectivity index (χ1v) is 3.14. The number of carbonyl (C=O) groups is 1. The molecule has 2 nitrogen and oxygen atoms in total. The van der Waals surface area contributed by atoms with Gasteiger partial charge in [-0.3, -0.25) is 0 Å². The lowest BCUT2D eigenvalue weighted by atomic mass is 10.1. The van der Waals surface area contributed by atoms with Crippen molar-refractivity contribution in [3.8, 4) is 6.57 Å². The highest BCUT2D eigenvalue weighted by Gasteiger charge is 2.13. The first-order valence-electron chi connectivity index (χ1n) is 3.14. The number of carbonyl (C=O) groups excluding carboxylic acids is 1. The minimum Gasteiger partial charge on any atom is -0.200 e. The molecule has 0 aliphatic heterocycles. The Morgan fingerprint density at radius 2 is 2.33 bits per heavy atom. The normalized spacial score (nSPS) is 12.1. The molecule has 1 atom stereocenters. The molecule has 0 aliphatic rings. The van der Waals surface area contributed by atoms with Crippen molar-refractivity contribution in [2.24, 2.45) is 5.92 Å². The molecular formula is C7H12NO+. The van der Waals surface area contributed by atoms with Crippen molar-refractivity contribution >= 4 is 5.91 Å². The van der Waals surface area contributed by atoms with Crippen molar-refractivity contribution in [2.45, 2.75) is 26.7 Å². The standard InChI is InChI=1S/C7H12NO/c1-4-6(2)5-7(9)8-3/h3,6H,4-5H2,1-2H3/q+1/t6-/m0/s1. The zero-order chi connectivity index (χ0) is 7.28. The number of hydrogen-bond donors (Lipinski definition) is 0. The molecular weight excluding hydrogens is 114 g/mol. The maximum Gasteiger partial charge on any atom is 0.514 e. The maximum absolute atomic E-state index is 10.5. The van der Waals surface area contributed by atoms with Gasteiger partial charge in [-0.05, 0) is 5.92 Å². The molecule has 0 aliphatic carbocycles. The van der Waals surface area contributed by atoms with E-state index in [1.54, 1.807) is 0 Å². The fourth-order valence-electron chi connectivity index (χ4n) is 0.495. The average Bonchev–Trinajstić information content (AvgIpc) is 1.87. The number of amides is 1. The number of nitrogens with zero attached hydrogens (tertiary/aromatic N) is 1. The summed E-state index contributed by atoms with van der Waals surface area (Å²) < 4.78 is 0. The fourth-order valence-corrected chi connectivity index (χ4v) is 0.495. The minimum absolute atomic E-state index is 0.204. The molecule has 0 radical (unpaired) electrons. The third kappa shape index (κ3) is 3.72. The molecule has 0 saturated heterocycles. The van der Waals surface area contributed by atoms with Gasteiger partial charge in [0, 0.05) is 4.85 Å². The molecule has 2 heteroatoms. The van der Waals surface area contributed by atoms with E-state index < -0.39 is 0 Å². The van der Waals surface area contributed by atoms with Crippen molar-refractivity contribution in [2.75, 3.05) is 0 Å². The molecule has 0 aromatic rings. The Morgan fingerprint density at radius 1 is 1.78 bits per heavy atom. The van der Waals surface area contributed by atoms with Crippen LogP contribution in [0.3, 0.4) is 0 Å². The molecule has 0 N–H and O–H groups in total. The lowest BCUT2D eigenvalue weighted by Crippen LogP contribution is -1.99. The lowest BCUT2D eigenvalue weighted by molar-refractivity contribution is -0.115. The predicted molar refractivity (Wildman–Crippen MR) is 37.4 cm³/mol. The van der Waals surface area contributed by atoms with Crippen molar-refractivity contribution in [3.05, 3.63) is 4.85 Å². The van der Waals surface area contributed by atoms with Gasteiger partial charge in [-0.1, -0.05) is 20.3 Å². The van der Waals surface area contributed by atoms with Gasteiger partial charge in [-0.2, -0.15) is 0 Å². The van der Waals surface area contributed by atoms with Crippen LogP contribution in [-0.2, 0) is 4.79 Å². The topological polar surface area (TPSA) is 21.4 Å². The second-order valence-corrected chi connectivity index (χ2v) is 2.24. The molecule has 0 heterocycles. The summed E-state index contributed by atoms with van der Waals surface area (Å²) in [5.41, 5.74) is 0. The summed E-state index contributed by atoms with van der Waals surface area (Å²) in [6, 6.07) is 0. The van der Waals surface area contributed by atoms with Crippen LogP contribution in [0.25, 0.3) is 4.85 Å². The van der Waals surface area contributed by atoms with E-state index in [1.807, 2.05) is 13.8 Å². The van der Waals surface area contributed by atoms with E-state index in [-0.39, 0.29) is 5.91 Å². The van der Waals surface area contributed by atoms with Crippen molar-refractivity contribution in [1.29, 1.82) is 0 Å². The molecule has 0 fully saturated rings. The molecule has 0 aromatic carbocycles. The van der Waals surface area contributed by atoms with Crippen molar-refractivity contribution in [3.63, 3.8) is 0 Å². The van der Waals surface area contributed by atoms with Crippen LogP contribution in [-0.4, -0.2) is 5.91 Å². The first kappa shape index (κ1) is 8.16. The van der Waals surface area contributed by atoms with E-state index in [1.165, 1.54) is 0 Å². The third-order valence-corrected chi connectivity index (χ3v) is 1.36. The maximum atomic E-state index is 10.5. The molecule has 50 valence electrons. The first-order chi connectivity index (χ1) is 4.20. The molecule has 0 saturated carbocycles. The quantitative estimate of drug-likeness (QED) is 0.566. The molecule has 0 bridgehead atoms. The Kier molecular flexibility index (Phi) is 3.70. The van der Waals surface area contributed by atoms with E-state index in [0.717, 1.165) is 6.42 Å². The summed E-state index contributed by atoms with van der Waals surface area (Å²) in [7, 11) is 0. The Hall–Kier alpha value is -0.840. The summed E-state index contributed by atoms with van der Waals surface area (Å²) >= 11 is 0. The van der Waals surface area contributed by atoms with E-state index in [0.29, 0.717) is 12.3 Å². The zero-order valence-electron chi connectivity index (χ0n) is 5.92. The monoisotopic (exact) mass is 126 g/mol. The highest BCUT2D eigenvalue weighted by atomic mass is 16.1. The summed E-state index contributed by atoms with van der Waals surface area (Å²) in [6.07, 6.45) is 1.48. The SMILES string of the molecule is C#[N+]C(=O)C[C@@H](C)CC. The van der Waals surface area contributed by atoms with Gasteiger partial charge in [0.25, 0.3) is 6.57 Å². The van der Waals surface area contributed by atoms with Crippen LogP contribution in [0.1, 0.15) is 26.7 Å². The van der Waals surface area contributed by atoms with Gasteiger partial charge in [0.15, 0.2) is 0 Å². The van der Waals surface area contributed by atoms with Gasteiger partial charge in [0.2, 0.25) is 0 Å². The Bertz CT molecular complexity index is 134. The molecule has 0 unspecified atom stereocenters. The Balaban J connectivity index is 3.50. The highest BCUT2D eigenvalue weighted by Crippen LogP contribution is 2.06. The number of rotatable bonds is 3. The van der Waals surface area contributed by atoms with Crippen LogP contribution in [0.15, 0.2) is 0 Å². The van der Waals surface area contributed by atoms with Crippen LogP contribution in [0.4, 0.5) is 0 Å². The second kappa shape index (κ2) is 4.08.